The van der Waals surface area contributed by atoms with E-state index in [1.54, 1.807) is 12.1 Å². The fourth-order valence-corrected chi connectivity index (χ4v) is 2.41. The molecular formula is C13H19NO2. The lowest BCUT2D eigenvalue weighted by Crippen LogP contribution is -2.33. The summed E-state index contributed by atoms with van der Waals surface area (Å²) >= 11 is 0. The lowest BCUT2D eigenvalue weighted by molar-refractivity contribution is 0.0908. The first-order valence-corrected chi connectivity index (χ1v) is 6.09. The van der Waals surface area contributed by atoms with Gasteiger partial charge in [-0.15, -0.1) is 0 Å². The fraction of sp³-hybridized carbons (Fsp3) is 0.615. The van der Waals surface area contributed by atoms with Crippen molar-refractivity contribution in [2.24, 2.45) is 11.8 Å². The molecule has 1 aliphatic rings. The van der Waals surface area contributed by atoms with Crippen LogP contribution in [-0.4, -0.2) is 12.5 Å². The Balaban J connectivity index is 1.80. The Kier molecular flexibility index (Phi) is 3.65. The highest BCUT2D eigenvalue weighted by Crippen LogP contribution is 2.28. The molecule has 1 aliphatic carbocycles. The van der Waals surface area contributed by atoms with Crippen molar-refractivity contribution in [2.45, 2.75) is 32.6 Å². The van der Waals surface area contributed by atoms with E-state index in [-0.39, 0.29) is 5.91 Å². The van der Waals surface area contributed by atoms with E-state index < -0.39 is 0 Å². The summed E-state index contributed by atoms with van der Waals surface area (Å²) in [7, 11) is 0. The first-order chi connectivity index (χ1) is 7.77. The summed E-state index contributed by atoms with van der Waals surface area (Å²) in [6.45, 7) is 3.06. The van der Waals surface area contributed by atoms with Crippen LogP contribution < -0.4 is 5.32 Å². The molecule has 1 aromatic heterocycles. The van der Waals surface area contributed by atoms with Gasteiger partial charge >= 0.3 is 0 Å². The van der Waals surface area contributed by atoms with Crippen LogP contribution in [0.4, 0.5) is 0 Å². The number of rotatable bonds is 3. The molecule has 0 aromatic carbocycles. The van der Waals surface area contributed by atoms with E-state index in [0.717, 1.165) is 12.5 Å². The Hall–Kier alpha value is -1.25. The van der Waals surface area contributed by atoms with E-state index >= 15 is 0 Å². The first-order valence-electron chi connectivity index (χ1n) is 6.09. The Morgan fingerprint density at radius 2 is 2.31 bits per heavy atom. The largest absolute Gasteiger partial charge is 0.459 e. The highest BCUT2D eigenvalue weighted by molar-refractivity contribution is 5.91. The Morgan fingerprint density at radius 3 is 3.00 bits per heavy atom. The van der Waals surface area contributed by atoms with Gasteiger partial charge in [-0.3, -0.25) is 4.79 Å². The third-order valence-corrected chi connectivity index (χ3v) is 3.56. The van der Waals surface area contributed by atoms with Gasteiger partial charge in [-0.1, -0.05) is 26.2 Å². The summed E-state index contributed by atoms with van der Waals surface area (Å²) in [5, 5.41) is 2.95. The maximum Gasteiger partial charge on any atom is 0.286 e. The molecule has 2 rings (SSSR count). The van der Waals surface area contributed by atoms with E-state index in [0.29, 0.717) is 11.7 Å². The standard InChI is InChI=1S/C13H19NO2/c1-10-5-2-3-6-11(10)9-14-13(15)12-7-4-8-16-12/h4,7-8,10-11H,2-3,5-6,9H2,1H3,(H,14,15). The second-order valence-corrected chi connectivity index (χ2v) is 4.71. The zero-order valence-corrected chi connectivity index (χ0v) is 9.74. The zero-order chi connectivity index (χ0) is 11.4. The van der Waals surface area contributed by atoms with Crippen molar-refractivity contribution in [1.29, 1.82) is 0 Å². The number of nitrogens with one attached hydrogen (secondary N) is 1. The Labute approximate surface area is 96.2 Å². The predicted octanol–water partition coefficient (Wildman–Crippen LogP) is 2.84. The van der Waals surface area contributed by atoms with Crippen LogP contribution in [0.3, 0.4) is 0 Å². The SMILES string of the molecule is CC1CCCCC1CNC(=O)c1ccco1. The van der Waals surface area contributed by atoms with Gasteiger partial charge in [0.15, 0.2) is 5.76 Å². The molecule has 0 saturated heterocycles. The molecule has 1 aromatic rings. The molecule has 1 saturated carbocycles. The molecule has 1 N–H and O–H groups in total. The van der Waals surface area contributed by atoms with E-state index in [1.807, 2.05) is 0 Å². The van der Waals surface area contributed by atoms with Crippen molar-refractivity contribution in [3.63, 3.8) is 0 Å². The van der Waals surface area contributed by atoms with Gasteiger partial charge in [0.1, 0.15) is 0 Å². The van der Waals surface area contributed by atoms with Crippen LogP contribution in [0.5, 0.6) is 0 Å². The van der Waals surface area contributed by atoms with Gasteiger partial charge in [-0.05, 0) is 30.4 Å². The highest BCUT2D eigenvalue weighted by Gasteiger charge is 2.22. The Morgan fingerprint density at radius 1 is 1.50 bits per heavy atom. The van der Waals surface area contributed by atoms with Crippen LogP contribution in [0.25, 0.3) is 0 Å². The van der Waals surface area contributed by atoms with Gasteiger partial charge in [-0.25, -0.2) is 0 Å². The summed E-state index contributed by atoms with van der Waals surface area (Å²) in [5.74, 6) is 1.67. The molecule has 88 valence electrons. The van der Waals surface area contributed by atoms with Gasteiger partial charge < -0.3 is 9.73 Å². The van der Waals surface area contributed by atoms with Gasteiger partial charge in [0.2, 0.25) is 0 Å². The molecule has 3 nitrogen and oxygen atoms in total. The Bertz CT molecular complexity index is 332. The topological polar surface area (TPSA) is 42.2 Å². The molecule has 2 atom stereocenters. The van der Waals surface area contributed by atoms with Crippen LogP contribution in [0.15, 0.2) is 22.8 Å². The molecule has 0 bridgehead atoms. The molecule has 3 heteroatoms. The van der Waals surface area contributed by atoms with Crippen molar-refractivity contribution >= 4 is 5.91 Å². The third-order valence-electron chi connectivity index (χ3n) is 3.56. The number of amides is 1. The number of furan rings is 1. The predicted molar refractivity (Wildman–Crippen MR) is 62.2 cm³/mol. The lowest BCUT2D eigenvalue weighted by Gasteiger charge is -2.28. The van der Waals surface area contributed by atoms with Crippen molar-refractivity contribution in [2.75, 3.05) is 6.54 Å². The smallest absolute Gasteiger partial charge is 0.286 e. The quantitative estimate of drug-likeness (QED) is 0.852. The molecule has 1 heterocycles. The number of carbonyl (C=O) groups is 1. The van der Waals surface area contributed by atoms with E-state index in [1.165, 1.54) is 31.9 Å². The maximum atomic E-state index is 11.7. The van der Waals surface area contributed by atoms with Crippen LogP contribution in [0, 0.1) is 11.8 Å². The average molecular weight is 221 g/mol. The zero-order valence-electron chi connectivity index (χ0n) is 9.74. The van der Waals surface area contributed by atoms with Crippen LogP contribution in [0.1, 0.15) is 43.2 Å². The lowest BCUT2D eigenvalue weighted by atomic mass is 9.80. The number of carbonyl (C=O) groups excluding carboxylic acids is 1. The molecule has 16 heavy (non-hydrogen) atoms. The monoisotopic (exact) mass is 221 g/mol. The summed E-state index contributed by atoms with van der Waals surface area (Å²) in [4.78, 5) is 11.7. The number of hydrogen-bond acceptors (Lipinski definition) is 2. The fourth-order valence-electron chi connectivity index (χ4n) is 2.41. The molecule has 0 spiro atoms. The van der Waals surface area contributed by atoms with Crippen molar-refractivity contribution in [3.8, 4) is 0 Å². The normalized spacial score (nSPS) is 25.3. The second kappa shape index (κ2) is 5.19. The summed E-state index contributed by atoms with van der Waals surface area (Å²) in [5.41, 5.74) is 0. The average Bonchev–Trinajstić information content (AvgIpc) is 2.81. The van der Waals surface area contributed by atoms with Crippen LogP contribution in [0.2, 0.25) is 0 Å². The number of hydrogen-bond donors (Lipinski definition) is 1. The minimum atomic E-state index is -0.0947. The van der Waals surface area contributed by atoms with Crippen molar-refractivity contribution in [3.05, 3.63) is 24.2 Å². The molecule has 1 fully saturated rings. The van der Waals surface area contributed by atoms with Gasteiger partial charge in [0.25, 0.3) is 5.91 Å². The van der Waals surface area contributed by atoms with E-state index in [9.17, 15) is 4.79 Å². The highest BCUT2D eigenvalue weighted by atomic mass is 16.3. The third kappa shape index (κ3) is 2.65. The molecule has 1 amide bonds. The van der Waals surface area contributed by atoms with Gasteiger partial charge in [-0.2, -0.15) is 0 Å². The molecule has 2 unspecified atom stereocenters. The second-order valence-electron chi connectivity index (χ2n) is 4.71. The minimum Gasteiger partial charge on any atom is -0.459 e. The first kappa shape index (κ1) is 11.2. The van der Waals surface area contributed by atoms with Gasteiger partial charge in [0.05, 0.1) is 6.26 Å². The van der Waals surface area contributed by atoms with Crippen LogP contribution >= 0.6 is 0 Å². The van der Waals surface area contributed by atoms with Gasteiger partial charge in [0, 0.05) is 6.54 Å². The summed E-state index contributed by atoms with van der Waals surface area (Å²) < 4.78 is 5.05. The van der Waals surface area contributed by atoms with Crippen LogP contribution in [-0.2, 0) is 0 Å². The van der Waals surface area contributed by atoms with Crippen molar-refractivity contribution < 1.29 is 9.21 Å². The van der Waals surface area contributed by atoms with Crippen molar-refractivity contribution in [1.82, 2.24) is 5.32 Å². The van der Waals surface area contributed by atoms with E-state index in [2.05, 4.69) is 12.2 Å². The summed E-state index contributed by atoms with van der Waals surface area (Å²) in [6.07, 6.45) is 6.69. The molecule has 0 radical (unpaired) electrons. The van der Waals surface area contributed by atoms with E-state index in [4.69, 9.17) is 4.42 Å². The minimum absolute atomic E-state index is 0.0947. The molecular weight excluding hydrogens is 202 g/mol. The summed E-state index contributed by atoms with van der Waals surface area (Å²) in [6, 6.07) is 3.43. The maximum absolute atomic E-state index is 11.7. The molecule has 0 aliphatic heterocycles.